The van der Waals surface area contributed by atoms with Gasteiger partial charge in [0.1, 0.15) is 5.52 Å². The highest BCUT2D eigenvalue weighted by atomic mass is 16.6. The van der Waals surface area contributed by atoms with Crippen LogP contribution in [0.4, 0.5) is 5.69 Å². The fourth-order valence-corrected chi connectivity index (χ4v) is 3.47. The van der Waals surface area contributed by atoms with Crippen molar-refractivity contribution in [3.8, 4) is 0 Å². The van der Waals surface area contributed by atoms with Crippen LogP contribution in [0.25, 0.3) is 11.0 Å². The zero-order valence-corrected chi connectivity index (χ0v) is 12.4. The third-order valence-electron chi connectivity index (χ3n) is 4.64. The number of anilines is 1. The van der Waals surface area contributed by atoms with Crippen LogP contribution in [-0.4, -0.2) is 53.8 Å². The van der Waals surface area contributed by atoms with Crippen molar-refractivity contribution in [2.75, 3.05) is 37.6 Å². The van der Waals surface area contributed by atoms with Crippen molar-refractivity contribution in [1.29, 1.82) is 0 Å². The van der Waals surface area contributed by atoms with E-state index in [1.54, 1.807) is 12.1 Å². The van der Waals surface area contributed by atoms with Crippen LogP contribution < -0.4 is 10.6 Å². The topological polar surface area (TPSA) is 88.5 Å². The number of hydrogen-bond acceptors (Lipinski definition) is 6. The molecule has 2 N–H and O–H groups in total. The molecule has 0 saturated carbocycles. The van der Waals surface area contributed by atoms with Crippen LogP contribution >= 0.6 is 0 Å². The van der Waals surface area contributed by atoms with Crippen LogP contribution in [0.15, 0.2) is 16.8 Å². The van der Waals surface area contributed by atoms with Crippen molar-refractivity contribution >= 4 is 22.6 Å². The average Bonchev–Trinajstić information content (AvgIpc) is 3.12. The zero-order chi connectivity index (χ0) is 15.1. The molecular weight excluding hydrogens is 282 g/mol. The molecule has 2 saturated heterocycles. The summed E-state index contributed by atoms with van der Waals surface area (Å²) < 4.78 is 4.81. The van der Waals surface area contributed by atoms with Gasteiger partial charge in [-0.2, -0.15) is 0 Å². The maximum absolute atomic E-state index is 11.5. The van der Waals surface area contributed by atoms with Crippen LogP contribution in [-0.2, 0) is 0 Å². The minimum Gasteiger partial charge on any atom is -0.369 e. The molecule has 7 nitrogen and oxygen atoms in total. The quantitative estimate of drug-likeness (QED) is 0.901. The smallest absolute Gasteiger partial charge is 0.248 e. The Balaban J connectivity index is 1.52. The van der Waals surface area contributed by atoms with Crippen LogP contribution in [0.1, 0.15) is 23.2 Å². The fourth-order valence-electron chi connectivity index (χ4n) is 3.47. The second-order valence-electron chi connectivity index (χ2n) is 6.27. The maximum Gasteiger partial charge on any atom is 0.248 e. The summed E-state index contributed by atoms with van der Waals surface area (Å²) in [6.07, 6.45) is 2.64. The first-order chi connectivity index (χ1) is 10.7. The Kier molecular flexibility index (Phi) is 3.22. The number of fused-ring (bicyclic) bond motifs is 1. The number of carbonyl (C=O) groups is 1. The SMILES string of the molecule is NC(=O)c1cc(N2CC(CN3CCCC3)C2)c2nonc2c1. The third-order valence-corrected chi connectivity index (χ3v) is 4.64. The molecular formula is C15H19N5O2. The summed E-state index contributed by atoms with van der Waals surface area (Å²) in [5.41, 5.74) is 8.01. The molecule has 0 spiro atoms. The number of hydrogen-bond donors (Lipinski definition) is 1. The van der Waals surface area contributed by atoms with Gasteiger partial charge in [-0.25, -0.2) is 4.63 Å². The lowest BCUT2D eigenvalue weighted by Gasteiger charge is -2.42. The van der Waals surface area contributed by atoms with E-state index in [9.17, 15) is 4.79 Å². The lowest BCUT2D eigenvalue weighted by Crippen LogP contribution is -2.51. The molecule has 0 unspecified atom stereocenters. The van der Waals surface area contributed by atoms with Crippen molar-refractivity contribution in [3.05, 3.63) is 17.7 Å². The van der Waals surface area contributed by atoms with E-state index in [1.807, 2.05) is 0 Å². The molecule has 22 heavy (non-hydrogen) atoms. The summed E-state index contributed by atoms with van der Waals surface area (Å²) in [5.74, 6) is 0.213. The third kappa shape index (κ3) is 2.31. The van der Waals surface area contributed by atoms with Gasteiger partial charge in [-0.1, -0.05) is 0 Å². The van der Waals surface area contributed by atoms with Gasteiger partial charge in [0.15, 0.2) is 5.52 Å². The number of nitrogens with two attached hydrogens (primary N) is 1. The Hall–Kier alpha value is -2.15. The predicted molar refractivity (Wildman–Crippen MR) is 81.7 cm³/mol. The minimum absolute atomic E-state index is 0.446. The van der Waals surface area contributed by atoms with E-state index < -0.39 is 5.91 Å². The summed E-state index contributed by atoms with van der Waals surface area (Å²) in [5, 5.41) is 7.80. The summed E-state index contributed by atoms with van der Waals surface area (Å²) in [6.45, 7) is 5.56. The maximum atomic E-state index is 11.5. The second-order valence-corrected chi connectivity index (χ2v) is 6.27. The molecule has 1 amide bonds. The number of nitrogens with zero attached hydrogens (tertiary/aromatic N) is 4. The second kappa shape index (κ2) is 5.24. The van der Waals surface area contributed by atoms with E-state index in [-0.39, 0.29) is 0 Å². The number of primary amides is 1. The normalized spacial score (nSPS) is 19.7. The number of rotatable bonds is 4. The molecule has 7 heteroatoms. The number of benzene rings is 1. The highest BCUT2D eigenvalue weighted by molar-refractivity contribution is 6.00. The Labute approximate surface area is 128 Å². The van der Waals surface area contributed by atoms with Gasteiger partial charge in [0.25, 0.3) is 0 Å². The first kappa shape index (κ1) is 13.5. The summed E-state index contributed by atoms with van der Waals surface area (Å²) in [4.78, 5) is 16.2. The number of aromatic nitrogens is 2. The molecule has 2 aromatic rings. The Bertz CT molecular complexity index is 701. The van der Waals surface area contributed by atoms with Crippen molar-refractivity contribution in [1.82, 2.24) is 15.2 Å². The van der Waals surface area contributed by atoms with Crippen LogP contribution in [0, 0.1) is 5.92 Å². The van der Waals surface area contributed by atoms with E-state index in [1.165, 1.54) is 25.9 Å². The van der Waals surface area contributed by atoms with Gasteiger partial charge >= 0.3 is 0 Å². The largest absolute Gasteiger partial charge is 0.369 e. The van der Waals surface area contributed by atoms with Crippen molar-refractivity contribution in [2.24, 2.45) is 11.7 Å². The van der Waals surface area contributed by atoms with E-state index >= 15 is 0 Å². The van der Waals surface area contributed by atoms with Gasteiger partial charge < -0.3 is 15.5 Å². The Morgan fingerprint density at radius 1 is 1.27 bits per heavy atom. The van der Waals surface area contributed by atoms with E-state index in [0.717, 1.165) is 25.3 Å². The van der Waals surface area contributed by atoms with Gasteiger partial charge in [0, 0.05) is 31.1 Å². The van der Waals surface area contributed by atoms with Gasteiger partial charge in [-0.15, -0.1) is 0 Å². The lowest BCUT2D eigenvalue weighted by atomic mass is 9.97. The first-order valence-electron chi connectivity index (χ1n) is 7.74. The number of amides is 1. The summed E-state index contributed by atoms with van der Waals surface area (Å²) in [7, 11) is 0. The molecule has 1 aromatic carbocycles. The van der Waals surface area contributed by atoms with Crippen LogP contribution in [0.5, 0.6) is 0 Å². The molecule has 0 atom stereocenters. The molecule has 4 rings (SSSR count). The standard InChI is InChI=1S/C15H19N5O2/c16-15(21)11-5-12-14(18-22-17-12)13(6-11)20-8-10(9-20)7-19-3-1-2-4-19/h5-6,10H,1-4,7-9H2,(H2,16,21). The zero-order valence-electron chi connectivity index (χ0n) is 12.4. The summed E-state index contributed by atoms with van der Waals surface area (Å²) in [6, 6.07) is 3.42. The van der Waals surface area contributed by atoms with Crippen LogP contribution in [0.2, 0.25) is 0 Å². The van der Waals surface area contributed by atoms with Gasteiger partial charge in [0.2, 0.25) is 5.91 Å². The van der Waals surface area contributed by atoms with Gasteiger partial charge in [-0.3, -0.25) is 4.79 Å². The van der Waals surface area contributed by atoms with E-state index in [2.05, 4.69) is 20.1 Å². The summed E-state index contributed by atoms with van der Waals surface area (Å²) >= 11 is 0. The molecule has 2 fully saturated rings. The molecule has 0 bridgehead atoms. The number of likely N-dealkylation sites (tertiary alicyclic amines) is 1. The minimum atomic E-state index is -0.458. The van der Waals surface area contributed by atoms with Gasteiger partial charge in [-0.05, 0) is 48.4 Å². The Morgan fingerprint density at radius 3 is 2.77 bits per heavy atom. The van der Waals surface area contributed by atoms with E-state index in [0.29, 0.717) is 22.5 Å². The average molecular weight is 301 g/mol. The van der Waals surface area contributed by atoms with Crippen LogP contribution in [0.3, 0.4) is 0 Å². The predicted octanol–water partition coefficient (Wildman–Crippen LogP) is 0.854. The molecule has 116 valence electrons. The fraction of sp³-hybridized carbons (Fsp3) is 0.533. The number of carbonyl (C=O) groups excluding carboxylic acids is 1. The molecule has 0 aliphatic carbocycles. The van der Waals surface area contributed by atoms with Gasteiger partial charge in [0.05, 0.1) is 5.69 Å². The molecule has 2 aliphatic rings. The lowest BCUT2D eigenvalue weighted by molar-refractivity contribution is 0.100. The molecule has 0 radical (unpaired) electrons. The highest BCUT2D eigenvalue weighted by Crippen LogP contribution is 2.32. The van der Waals surface area contributed by atoms with E-state index in [4.69, 9.17) is 10.4 Å². The molecule has 2 aliphatic heterocycles. The van der Waals surface area contributed by atoms with Crippen molar-refractivity contribution < 1.29 is 9.42 Å². The monoisotopic (exact) mass is 301 g/mol. The van der Waals surface area contributed by atoms with Crippen molar-refractivity contribution in [2.45, 2.75) is 12.8 Å². The van der Waals surface area contributed by atoms with Crippen molar-refractivity contribution in [3.63, 3.8) is 0 Å². The first-order valence-corrected chi connectivity index (χ1v) is 7.74. The highest BCUT2D eigenvalue weighted by Gasteiger charge is 2.31. The Morgan fingerprint density at radius 2 is 2.05 bits per heavy atom. The molecule has 1 aromatic heterocycles. The molecule has 3 heterocycles.